The van der Waals surface area contributed by atoms with Gasteiger partial charge >= 0.3 is 6.18 Å². The lowest BCUT2D eigenvalue weighted by Gasteiger charge is -2.11. The molecule has 3 heterocycles. The van der Waals surface area contributed by atoms with Gasteiger partial charge in [0.25, 0.3) is 0 Å². The van der Waals surface area contributed by atoms with Crippen LogP contribution in [0.25, 0.3) is 21.5 Å². The van der Waals surface area contributed by atoms with Gasteiger partial charge in [0.05, 0.1) is 16.9 Å². The minimum absolute atomic E-state index is 0.0244. The van der Waals surface area contributed by atoms with Gasteiger partial charge in [-0.3, -0.25) is 4.98 Å². The van der Waals surface area contributed by atoms with Crippen molar-refractivity contribution in [2.24, 2.45) is 0 Å². The second-order valence-corrected chi connectivity index (χ2v) is 5.43. The van der Waals surface area contributed by atoms with E-state index in [9.17, 15) is 13.2 Å². The lowest BCUT2D eigenvalue weighted by molar-refractivity contribution is -0.136. The molecule has 0 saturated heterocycles. The number of nitrogens with zero attached hydrogens (tertiary/aromatic N) is 3. The molecular formula is C14H7F3N4S. The number of pyridine rings is 2. The van der Waals surface area contributed by atoms with E-state index in [-0.39, 0.29) is 26.5 Å². The highest BCUT2D eigenvalue weighted by molar-refractivity contribution is 7.19. The first-order chi connectivity index (χ1) is 10.4. The summed E-state index contributed by atoms with van der Waals surface area (Å²) in [7, 11) is 0. The van der Waals surface area contributed by atoms with E-state index < -0.39 is 11.7 Å². The summed E-state index contributed by atoms with van der Waals surface area (Å²) in [4.78, 5) is 8.18. The number of thiophene rings is 1. The summed E-state index contributed by atoms with van der Waals surface area (Å²) in [6, 6.07) is 5.95. The molecule has 0 saturated carbocycles. The van der Waals surface area contributed by atoms with Crippen LogP contribution in [0.2, 0.25) is 0 Å². The lowest BCUT2D eigenvalue weighted by atomic mass is 10.1. The van der Waals surface area contributed by atoms with E-state index >= 15 is 0 Å². The maximum absolute atomic E-state index is 13.3. The molecule has 0 bridgehead atoms. The molecule has 4 nitrogen and oxygen atoms in total. The van der Waals surface area contributed by atoms with Crippen molar-refractivity contribution < 1.29 is 13.2 Å². The summed E-state index contributed by atoms with van der Waals surface area (Å²) in [6.07, 6.45) is -1.65. The van der Waals surface area contributed by atoms with Gasteiger partial charge in [-0.05, 0) is 18.2 Å². The molecule has 22 heavy (non-hydrogen) atoms. The van der Waals surface area contributed by atoms with Crippen LogP contribution in [-0.2, 0) is 6.18 Å². The minimum Gasteiger partial charge on any atom is -0.396 e. The maximum atomic E-state index is 13.3. The molecule has 0 aliphatic carbocycles. The average molecular weight is 320 g/mol. The summed E-state index contributed by atoms with van der Waals surface area (Å²) in [5, 5.41) is 8.74. The first kappa shape index (κ1) is 14.3. The van der Waals surface area contributed by atoms with E-state index in [1.807, 2.05) is 0 Å². The number of anilines is 1. The first-order valence-corrected chi connectivity index (χ1v) is 6.84. The normalized spacial score (nSPS) is 11.5. The van der Waals surface area contributed by atoms with E-state index in [0.717, 1.165) is 17.4 Å². The van der Waals surface area contributed by atoms with Crippen molar-refractivity contribution >= 4 is 27.2 Å². The molecule has 0 radical (unpaired) electrons. The topological polar surface area (TPSA) is 75.6 Å². The number of halogens is 3. The van der Waals surface area contributed by atoms with Gasteiger partial charge in [-0.2, -0.15) is 18.4 Å². The van der Waals surface area contributed by atoms with Crippen LogP contribution in [0.4, 0.5) is 18.9 Å². The fourth-order valence-electron chi connectivity index (χ4n) is 2.09. The van der Waals surface area contributed by atoms with Gasteiger partial charge in [-0.1, -0.05) is 0 Å². The molecule has 0 atom stereocenters. The highest BCUT2D eigenvalue weighted by Crippen LogP contribution is 2.43. The van der Waals surface area contributed by atoms with E-state index in [0.29, 0.717) is 5.56 Å². The van der Waals surface area contributed by atoms with Crippen LogP contribution in [0.3, 0.4) is 0 Å². The molecule has 0 spiro atoms. The second kappa shape index (κ2) is 4.96. The Labute approximate surface area is 126 Å². The standard InChI is InChI=1S/C14H7F3N4S/c15-14(16,17)8-4-9(7-2-1-3-20-6-7)21-13-11(8)12(19)10(5-18)22-13/h1-4,6H,19H2. The number of nitriles is 1. The number of hydrogen-bond donors (Lipinski definition) is 1. The molecule has 0 aliphatic rings. The molecule has 110 valence electrons. The van der Waals surface area contributed by atoms with Crippen molar-refractivity contribution in [1.29, 1.82) is 5.26 Å². The monoisotopic (exact) mass is 320 g/mol. The van der Waals surface area contributed by atoms with Gasteiger partial charge in [0.15, 0.2) is 0 Å². The Morgan fingerprint density at radius 3 is 2.68 bits per heavy atom. The maximum Gasteiger partial charge on any atom is 0.417 e. The molecular weight excluding hydrogens is 313 g/mol. The van der Waals surface area contributed by atoms with Crippen LogP contribution < -0.4 is 5.73 Å². The van der Waals surface area contributed by atoms with Crippen molar-refractivity contribution in [2.75, 3.05) is 5.73 Å². The Hall–Kier alpha value is -2.66. The Kier molecular flexibility index (Phi) is 3.22. The summed E-state index contributed by atoms with van der Waals surface area (Å²) in [6.45, 7) is 0. The Balaban J connectivity index is 2.38. The van der Waals surface area contributed by atoms with E-state index in [1.165, 1.54) is 12.4 Å². The zero-order chi connectivity index (χ0) is 15.9. The summed E-state index contributed by atoms with van der Waals surface area (Å²) >= 11 is 0.845. The number of rotatable bonds is 1. The number of hydrogen-bond acceptors (Lipinski definition) is 5. The van der Waals surface area contributed by atoms with Gasteiger partial charge in [-0.25, -0.2) is 4.98 Å². The van der Waals surface area contributed by atoms with Crippen LogP contribution in [0.1, 0.15) is 10.4 Å². The van der Waals surface area contributed by atoms with E-state index in [4.69, 9.17) is 11.0 Å². The highest BCUT2D eigenvalue weighted by Gasteiger charge is 2.35. The van der Waals surface area contributed by atoms with Crippen LogP contribution in [0, 0.1) is 11.3 Å². The minimum atomic E-state index is -4.60. The molecule has 3 aromatic heterocycles. The highest BCUT2D eigenvalue weighted by atomic mass is 32.1. The largest absolute Gasteiger partial charge is 0.417 e. The molecule has 0 unspecified atom stereocenters. The van der Waals surface area contributed by atoms with Gasteiger partial charge in [0.1, 0.15) is 15.8 Å². The fourth-order valence-corrected chi connectivity index (χ4v) is 3.01. The quantitative estimate of drug-likeness (QED) is 0.739. The Bertz CT molecular complexity index is 894. The SMILES string of the molecule is N#Cc1sc2nc(-c3cccnc3)cc(C(F)(F)F)c2c1N. The number of aromatic nitrogens is 2. The summed E-state index contributed by atoms with van der Waals surface area (Å²) < 4.78 is 40.0. The summed E-state index contributed by atoms with van der Waals surface area (Å²) in [5.41, 5.74) is 5.19. The Morgan fingerprint density at radius 2 is 2.09 bits per heavy atom. The molecule has 2 N–H and O–H groups in total. The fraction of sp³-hybridized carbons (Fsp3) is 0.0714. The van der Waals surface area contributed by atoms with Crippen LogP contribution in [-0.4, -0.2) is 9.97 Å². The van der Waals surface area contributed by atoms with E-state index in [1.54, 1.807) is 18.2 Å². The average Bonchev–Trinajstić information content (AvgIpc) is 2.82. The molecule has 8 heteroatoms. The number of fused-ring (bicyclic) bond motifs is 1. The van der Waals surface area contributed by atoms with Crippen LogP contribution >= 0.6 is 11.3 Å². The number of nitrogen functional groups attached to an aromatic ring is 1. The predicted octanol–water partition coefficient (Wildman–Crippen LogP) is 3.83. The molecule has 0 aromatic carbocycles. The summed E-state index contributed by atoms with van der Waals surface area (Å²) in [5.74, 6) is 0. The molecule has 0 aliphatic heterocycles. The van der Waals surface area contributed by atoms with Gasteiger partial charge in [0, 0.05) is 23.3 Å². The number of nitrogens with two attached hydrogens (primary N) is 1. The van der Waals surface area contributed by atoms with Gasteiger partial charge in [0.2, 0.25) is 0 Å². The van der Waals surface area contributed by atoms with Crippen LogP contribution in [0.15, 0.2) is 30.6 Å². The van der Waals surface area contributed by atoms with Crippen molar-refractivity contribution in [3.63, 3.8) is 0 Å². The molecule has 3 rings (SSSR count). The van der Waals surface area contributed by atoms with Crippen molar-refractivity contribution in [3.8, 4) is 17.3 Å². The third-order valence-corrected chi connectivity index (χ3v) is 4.07. The smallest absolute Gasteiger partial charge is 0.396 e. The lowest BCUT2D eigenvalue weighted by Crippen LogP contribution is -2.07. The third-order valence-electron chi connectivity index (χ3n) is 3.06. The molecule has 0 amide bonds. The van der Waals surface area contributed by atoms with E-state index in [2.05, 4.69) is 9.97 Å². The van der Waals surface area contributed by atoms with Gasteiger partial charge < -0.3 is 5.73 Å². The van der Waals surface area contributed by atoms with Crippen molar-refractivity contribution in [2.45, 2.75) is 6.18 Å². The zero-order valence-electron chi connectivity index (χ0n) is 10.8. The third kappa shape index (κ3) is 2.25. The van der Waals surface area contributed by atoms with Crippen molar-refractivity contribution in [3.05, 3.63) is 41.0 Å². The second-order valence-electron chi connectivity index (χ2n) is 4.43. The zero-order valence-corrected chi connectivity index (χ0v) is 11.7. The molecule has 3 aromatic rings. The number of alkyl halides is 3. The predicted molar refractivity (Wildman–Crippen MR) is 77.0 cm³/mol. The molecule has 0 fully saturated rings. The Morgan fingerprint density at radius 1 is 1.32 bits per heavy atom. The van der Waals surface area contributed by atoms with Crippen molar-refractivity contribution in [1.82, 2.24) is 9.97 Å². The first-order valence-electron chi connectivity index (χ1n) is 6.02. The van der Waals surface area contributed by atoms with Gasteiger partial charge in [-0.15, -0.1) is 11.3 Å². The van der Waals surface area contributed by atoms with Crippen LogP contribution in [0.5, 0.6) is 0 Å².